The summed E-state index contributed by atoms with van der Waals surface area (Å²) >= 11 is 14.4. The highest BCUT2D eigenvalue weighted by Crippen LogP contribution is 2.03. The van der Waals surface area contributed by atoms with Gasteiger partial charge in [0.15, 0.2) is 4.30 Å². The third-order valence-electron chi connectivity index (χ3n) is 0. The minimum atomic E-state index is -0.750. The van der Waals surface area contributed by atoms with E-state index in [4.69, 9.17) is 34.8 Å². The molecule has 0 amide bonds. The van der Waals surface area contributed by atoms with Crippen molar-refractivity contribution in [3.63, 3.8) is 0 Å². The van der Waals surface area contributed by atoms with E-state index in [0.29, 0.717) is 0 Å². The van der Waals surface area contributed by atoms with Gasteiger partial charge in [0.05, 0.1) is 0 Å². The van der Waals surface area contributed by atoms with Gasteiger partial charge in [-0.1, -0.05) is 34.8 Å². The average Bonchev–Trinajstić information content (AvgIpc) is 1.41. The van der Waals surface area contributed by atoms with Crippen LogP contribution in [-0.4, -0.2) is 11.3 Å². The van der Waals surface area contributed by atoms with Gasteiger partial charge in [0, 0.05) is 0 Å². The predicted octanol–water partition coefficient (Wildman–Crippen LogP) is 1.56. The van der Waals surface area contributed by atoms with E-state index in [0.717, 1.165) is 0 Å². The molecule has 0 atom stereocenters. The van der Waals surface area contributed by atoms with Crippen molar-refractivity contribution in [3.05, 3.63) is 0 Å². The van der Waals surface area contributed by atoms with Gasteiger partial charge in [-0.3, -0.25) is 0 Å². The molecule has 40 valence electrons. The third-order valence-corrected chi connectivity index (χ3v) is 0. The molecule has 0 aliphatic rings. The Morgan fingerprint density at radius 3 is 1.17 bits per heavy atom. The van der Waals surface area contributed by atoms with Crippen LogP contribution in [-0.2, 0) is 0 Å². The molecule has 0 aromatic carbocycles. The maximum absolute atomic E-state index is 4.81. The summed E-state index contributed by atoms with van der Waals surface area (Å²) in [5.74, 6) is 0. The van der Waals surface area contributed by atoms with Crippen molar-refractivity contribution in [3.8, 4) is 0 Å². The van der Waals surface area contributed by atoms with E-state index < -0.39 is 4.30 Å². The van der Waals surface area contributed by atoms with Crippen molar-refractivity contribution >= 4 is 34.8 Å². The third kappa shape index (κ3) is 103. The summed E-state index contributed by atoms with van der Waals surface area (Å²) in [6, 6.07) is 0. The van der Waals surface area contributed by atoms with E-state index in [2.05, 4.69) is 5.73 Å². The maximum Gasteiger partial charge on any atom is 0.180 e. The van der Waals surface area contributed by atoms with Crippen molar-refractivity contribution in [1.82, 2.24) is 0 Å². The molecule has 0 bridgehead atoms. The maximum atomic E-state index is 4.81. The second-order valence-corrected chi connectivity index (χ2v) is 2.23. The highest BCUT2D eigenvalue weighted by Gasteiger charge is 1.78. The van der Waals surface area contributed by atoms with Gasteiger partial charge in [-0.05, 0) is 7.05 Å². The summed E-state index contributed by atoms with van der Waals surface area (Å²) in [6.45, 7) is 0. The van der Waals surface area contributed by atoms with Crippen LogP contribution in [0.25, 0.3) is 0 Å². The van der Waals surface area contributed by atoms with E-state index in [1.807, 2.05) is 0 Å². The Hall–Kier alpha value is 0.830. The normalized spacial score (nSPS) is 7.00. The van der Waals surface area contributed by atoms with Gasteiger partial charge in [-0.2, -0.15) is 0 Å². The molecule has 0 aromatic rings. The highest BCUT2D eigenvalue weighted by atomic mass is 35.6. The molecular weight excluding hydrogens is 144 g/mol. The summed E-state index contributed by atoms with van der Waals surface area (Å²) in [6.07, 6.45) is 0. The summed E-state index contributed by atoms with van der Waals surface area (Å²) in [7, 11) is 1.50. The van der Waals surface area contributed by atoms with Crippen LogP contribution >= 0.6 is 34.8 Å². The van der Waals surface area contributed by atoms with Crippen molar-refractivity contribution in [2.75, 3.05) is 7.05 Å². The lowest BCUT2D eigenvalue weighted by Gasteiger charge is -1.69. The van der Waals surface area contributed by atoms with Gasteiger partial charge in [0.2, 0.25) is 0 Å². The van der Waals surface area contributed by atoms with Crippen LogP contribution in [0.2, 0.25) is 0 Å². The van der Waals surface area contributed by atoms with Crippen LogP contribution in [0, 0.1) is 0 Å². The first-order valence-electron chi connectivity index (χ1n) is 1.23. The first-order chi connectivity index (χ1) is 2.73. The van der Waals surface area contributed by atoms with Crippen molar-refractivity contribution in [2.24, 2.45) is 5.73 Å². The zero-order valence-corrected chi connectivity index (χ0v) is 5.56. The highest BCUT2D eigenvalue weighted by molar-refractivity contribution is 6.63. The smallest absolute Gasteiger partial charge is 0.180 e. The van der Waals surface area contributed by atoms with E-state index in [1.165, 1.54) is 7.05 Å². The molecular formula is C2H6Cl3N. The molecule has 0 radical (unpaired) electrons. The van der Waals surface area contributed by atoms with E-state index in [1.54, 1.807) is 0 Å². The molecule has 0 aliphatic heterocycles. The molecule has 2 N–H and O–H groups in total. The van der Waals surface area contributed by atoms with Gasteiger partial charge in [-0.25, -0.2) is 0 Å². The zero-order valence-electron chi connectivity index (χ0n) is 3.29. The fourth-order valence-electron chi connectivity index (χ4n) is 0. The summed E-state index contributed by atoms with van der Waals surface area (Å²) < 4.78 is -0.750. The second kappa shape index (κ2) is 9.27. The zero-order chi connectivity index (χ0) is 5.58. The number of halogens is 3. The number of nitrogens with two attached hydrogens (primary N) is 1. The molecule has 0 aromatic heterocycles. The Balaban J connectivity index is 0. The first-order valence-corrected chi connectivity index (χ1v) is 2.54. The SMILES string of the molecule is CN.ClC(Cl)Cl. The summed E-state index contributed by atoms with van der Waals surface area (Å²) in [5, 5.41) is 0. The lowest BCUT2D eigenvalue weighted by atomic mass is 11.6. The van der Waals surface area contributed by atoms with Gasteiger partial charge < -0.3 is 5.73 Å². The molecule has 1 nitrogen and oxygen atoms in total. The van der Waals surface area contributed by atoms with Gasteiger partial charge in [0.25, 0.3) is 0 Å². The standard InChI is InChI=1S/CHCl3.CH5N/c2-1(3)4;1-2/h1H;2H2,1H3. The van der Waals surface area contributed by atoms with Crippen LogP contribution in [0.15, 0.2) is 0 Å². The van der Waals surface area contributed by atoms with Gasteiger partial charge in [0.1, 0.15) is 0 Å². The summed E-state index contributed by atoms with van der Waals surface area (Å²) in [5.41, 5.74) is 4.50. The number of alkyl halides is 3. The fraction of sp³-hybridized carbons (Fsp3) is 1.00. The van der Waals surface area contributed by atoms with E-state index in [9.17, 15) is 0 Å². The van der Waals surface area contributed by atoms with Crippen LogP contribution in [0.1, 0.15) is 0 Å². The predicted molar refractivity (Wildman–Crippen MR) is 31.5 cm³/mol. The molecule has 4 heteroatoms. The minimum absolute atomic E-state index is 0.750. The molecule has 0 rings (SSSR count). The van der Waals surface area contributed by atoms with Crippen LogP contribution < -0.4 is 5.73 Å². The van der Waals surface area contributed by atoms with Crippen molar-refractivity contribution in [1.29, 1.82) is 0 Å². The Morgan fingerprint density at radius 1 is 1.17 bits per heavy atom. The van der Waals surface area contributed by atoms with Gasteiger partial charge >= 0.3 is 0 Å². The Morgan fingerprint density at radius 2 is 1.17 bits per heavy atom. The quantitative estimate of drug-likeness (QED) is 0.521. The van der Waals surface area contributed by atoms with Crippen LogP contribution in [0.5, 0.6) is 0 Å². The molecule has 6 heavy (non-hydrogen) atoms. The first kappa shape index (κ1) is 9.95. The lowest BCUT2D eigenvalue weighted by Crippen LogP contribution is -1.69. The number of hydrogen-bond donors (Lipinski definition) is 1. The Labute approximate surface area is 52.4 Å². The van der Waals surface area contributed by atoms with E-state index in [-0.39, 0.29) is 0 Å². The van der Waals surface area contributed by atoms with Crippen molar-refractivity contribution < 1.29 is 0 Å². The molecule has 0 aliphatic carbocycles. The average molecular weight is 150 g/mol. The van der Waals surface area contributed by atoms with Crippen molar-refractivity contribution in [2.45, 2.75) is 4.30 Å². The van der Waals surface area contributed by atoms with Crippen LogP contribution in [0.4, 0.5) is 0 Å². The van der Waals surface area contributed by atoms with Gasteiger partial charge in [-0.15, -0.1) is 0 Å². The Kier molecular flexibility index (Phi) is 15.4. The topological polar surface area (TPSA) is 26.0 Å². The summed E-state index contributed by atoms with van der Waals surface area (Å²) in [4.78, 5) is 0. The molecule has 0 spiro atoms. The lowest BCUT2D eigenvalue weighted by molar-refractivity contribution is 1.48. The molecule has 0 saturated heterocycles. The van der Waals surface area contributed by atoms with E-state index >= 15 is 0 Å². The minimum Gasteiger partial charge on any atom is -0.333 e. The largest absolute Gasteiger partial charge is 0.333 e. The Bertz CT molecular complexity index is 13.5. The molecule has 0 unspecified atom stereocenters. The molecule has 0 fully saturated rings. The number of hydrogen-bond acceptors (Lipinski definition) is 1. The molecule has 0 heterocycles. The van der Waals surface area contributed by atoms with Crippen LogP contribution in [0.3, 0.4) is 0 Å². The second-order valence-electron chi connectivity index (χ2n) is 0.247. The fourth-order valence-corrected chi connectivity index (χ4v) is 0. The monoisotopic (exact) mass is 149 g/mol. The molecule has 0 saturated carbocycles. The number of rotatable bonds is 0.